The van der Waals surface area contributed by atoms with Crippen molar-refractivity contribution in [1.82, 2.24) is 0 Å². The monoisotopic (exact) mass is 214 g/mol. The van der Waals surface area contributed by atoms with Crippen molar-refractivity contribution in [2.45, 2.75) is 26.6 Å². The van der Waals surface area contributed by atoms with Gasteiger partial charge in [0.15, 0.2) is 0 Å². The van der Waals surface area contributed by atoms with E-state index >= 15 is 0 Å². The second kappa shape index (κ2) is 3.72. The van der Waals surface area contributed by atoms with Crippen molar-refractivity contribution in [1.29, 1.82) is 0 Å². The highest BCUT2D eigenvalue weighted by Gasteiger charge is 2.16. The first-order valence-corrected chi connectivity index (χ1v) is 8.12. The summed E-state index contributed by atoms with van der Waals surface area (Å²) in [6.07, 6.45) is 0. The molecular weight excluding hydrogens is 200 g/mol. The lowest BCUT2D eigenvalue weighted by molar-refractivity contribution is 0.557. The van der Waals surface area contributed by atoms with E-state index in [1.807, 2.05) is 25.1 Å². The van der Waals surface area contributed by atoms with Gasteiger partial charge in [0.25, 0.3) is 0 Å². The number of rotatable bonds is 2. The van der Waals surface area contributed by atoms with Gasteiger partial charge in [-0.2, -0.15) is 0 Å². The van der Waals surface area contributed by atoms with Gasteiger partial charge in [-0.25, -0.2) is 0 Å². The zero-order chi connectivity index (χ0) is 10.1. The Kier molecular flexibility index (Phi) is 3.04. The number of benzene rings is 1. The summed E-state index contributed by atoms with van der Waals surface area (Å²) in [5.41, 5.74) is 1.09. The van der Waals surface area contributed by atoms with E-state index in [1.165, 1.54) is 0 Å². The Morgan fingerprint density at radius 1 is 1.23 bits per heavy atom. The molecule has 1 aromatic carbocycles. The van der Waals surface area contributed by atoms with Crippen LogP contribution in [0.4, 0.5) is 0 Å². The molecule has 0 saturated carbocycles. The Labute approximate surface area is 85.8 Å². The summed E-state index contributed by atoms with van der Waals surface area (Å²) >= 11 is 5.98. The fraction of sp³-hybridized carbons (Fsp3) is 0.400. The SMILES string of the molecule is Cc1ccc(O[Si](C)(C)C)cc1Cl. The minimum Gasteiger partial charge on any atom is -0.544 e. The molecule has 0 fully saturated rings. The molecule has 1 nitrogen and oxygen atoms in total. The first-order chi connectivity index (χ1) is 5.88. The standard InChI is InChI=1S/C10H15ClOSi/c1-8-5-6-9(7-10(8)11)12-13(2,3)4/h5-7H,1-4H3. The van der Waals surface area contributed by atoms with Gasteiger partial charge in [0.1, 0.15) is 5.75 Å². The molecule has 1 aromatic rings. The van der Waals surface area contributed by atoms with E-state index in [0.29, 0.717) is 0 Å². The van der Waals surface area contributed by atoms with E-state index in [0.717, 1.165) is 16.3 Å². The van der Waals surface area contributed by atoms with Crippen molar-refractivity contribution >= 4 is 19.9 Å². The maximum atomic E-state index is 5.98. The van der Waals surface area contributed by atoms with Crippen LogP contribution in [-0.2, 0) is 0 Å². The average molecular weight is 215 g/mol. The molecule has 0 aliphatic rings. The van der Waals surface area contributed by atoms with Crippen LogP contribution >= 0.6 is 11.6 Å². The van der Waals surface area contributed by atoms with Crippen molar-refractivity contribution in [3.8, 4) is 5.75 Å². The molecule has 0 saturated heterocycles. The van der Waals surface area contributed by atoms with E-state index in [2.05, 4.69) is 19.6 Å². The Balaban J connectivity index is 2.86. The highest BCUT2D eigenvalue weighted by molar-refractivity contribution is 6.70. The molecular formula is C10H15ClOSi. The molecule has 13 heavy (non-hydrogen) atoms. The molecule has 72 valence electrons. The first kappa shape index (κ1) is 10.6. The summed E-state index contributed by atoms with van der Waals surface area (Å²) in [5, 5.41) is 0.774. The molecule has 0 radical (unpaired) electrons. The van der Waals surface area contributed by atoms with Crippen molar-refractivity contribution in [2.75, 3.05) is 0 Å². The van der Waals surface area contributed by atoms with Gasteiger partial charge in [0.05, 0.1) is 0 Å². The van der Waals surface area contributed by atoms with Crippen LogP contribution in [0.5, 0.6) is 5.75 Å². The zero-order valence-corrected chi connectivity index (χ0v) is 10.3. The van der Waals surface area contributed by atoms with Gasteiger partial charge in [-0.3, -0.25) is 0 Å². The van der Waals surface area contributed by atoms with Crippen LogP contribution in [0.2, 0.25) is 24.7 Å². The van der Waals surface area contributed by atoms with Gasteiger partial charge < -0.3 is 4.43 Å². The van der Waals surface area contributed by atoms with Crippen molar-refractivity contribution in [3.63, 3.8) is 0 Å². The molecule has 0 amide bonds. The molecule has 0 N–H and O–H groups in total. The average Bonchev–Trinajstić information content (AvgIpc) is 1.94. The lowest BCUT2D eigenvalue weighted by atomic mass is 10.2. The Morgan fingerprint density at radius 3 is 2.31 bits per heavy atom. The quantitative estimate of drug-likeness (QED) is 0.680. The molecule has 0 unspecified atom stereocenters. The summed E-state index contributed by atoms with van der Waals surface area (Å²) in [6.45, 7) is 8.45. The largest absolute Gasteiger partial charge is 0.544 e. The highest BCUT2D eigenvalue weighted by atomic mass is 35.5. The van der Waals surface area contributed by atoms with E-state index in [-0.39, 0.29) is 0 Å². The van der Waals surface area contributed by atoms with Gasteiger partial charge in [-0.1, -0.05) is 17.7 Å². The smallest absolute Gasteiger partial charge is 0.242 e. The summed E-state index contributed by atoms with van der Waals surface area (Å²) in [6, 6.07) is 5.84. The first-order valence-electron chi connectivity index (χ1n) is 4.34. The Bertz CT molecular complexity index is 304. The van der Waals surface area contributed by atoms with Crippen LogP contribution in [-0.4, -0.2) is 8.32 Å². The van der Waals surface area contributed by atoms with E-state index in [4.69, 9.17) is 16.0 Å². The van der Waals surface area contributed by atoms with Crippen molar-refractivity contribution < 1.29 is 4.43 Å². The van der Waals surface area contributed by atoms with E-state index in [9.17, 15) is 0 Å². The predicted molar refractivity (Wildman–Crippen MR) is 60.2 cm³/mol. The molecule has 0 atom stereocenters. The van der Waals surface area contributed by atoms with Crippen LogP contribution in [0, 0.1) is 6.92 Å². The second-order valence-corrected chi connectivity index (χ2v) is 8.96. The molecule has 0 aromatic heterocycles. The highest BCUT2D eigenvalue weighted by Crippen LogP contribution is 2.23. The summed E-state index contributed by atoms with van der Waals surface area (Å²) in [4.78, 5) is 0. The van der Waals surface area contributed by atoms with Gasteiger partial charge in [0, 0.05) is 5.02 Å². The molecule has 0 spiro atoms. The molecule has 0 aliphatic heterocycles. The second-order valence-electron chi connectivity index (χ2n) is 4.13. The fourth-order valence-corrected chi connectivity index (χ4v) is 2.00. The molecule has 0 aliphatic carbocycles. The minimum atomic E-state index is -1.50. The van der Waals surface area contributed by atoms with Crippen LogP contribution < -0.4 is 4.43 Å². The number of aryl methyl sites for hydroxylation is 1. The van der Waals surface area contributed by atoms with Gasteiger partial charge in [-0.15, -0.1) is 0 Å². The fourth-order valence-electron chi connectivity index (χ4n) is 0.991. The lowest BCUT2D eigenvalue weighted by Gasteiger charge is -2.19. The normalized spacial score (nSPS) is 11.5. The Hall–Kier alpha value is -0.473. The van der Waals surface area contributed by atoms with E-state index < -0.39 is 8.32 Å². The molecule has 0 heterocycles. The third-order valence-corrected chi connectivity index (χ3v) is 2.82. The van der Waals surface area contributed by atoms with Crippen LogP contribution in [0.15, 0.2) is 18.2 Å². The van der Waals surface area contributed by atoms with Crippen LogP contribution in [0.25, 0.3) is 0 Å². The topological polar surface area (TPSA) is 9.23 Å². The third kappa shape index (κ3) is 3.41. The van der Waals surface area contributed by atoms with Crippen molar-refractivity contribution in [2.24, 2.45) is 0 Å². The maximum Gasteiger partial charge on any atom is 0.242 e. The number of hydrogen-bond acceptors (Lipinski definition) is 1. The van der Waals surface area contributed by atoms with E-state index in [1.54, 1.807) is 0 Å². The van der Waals surface area contributed by atoms with Crippen LogP contribution in [0.3, 0.4) is 0 Å². The predicted octanol–water partition coefficient (Wildman–Crippen LogP) is 3.86. The minimum absolute atomic E-state index is 0.774. The number of halogens is 1. The van der Waals surface area contributed by atoms with Gasteiger partial charge >= 0.3 is 0 Å². The summed E-state index contributed by atoms with van der Waals surface area (Å²) < 4.78 is 5.79. The van der Waals surface area contributed by atoms with Gasteiger partial charge in [-0.05, 0) is 44.3 Å². The summed E-state index contributed by atoms with van der Waals surface area (Å²) in [5.74, 6) is 0.884. The van der Waals surface area contributed by atoms with Gasteiger partial charge in [0.2, 0.25) is 8.32 Å². The summed E-state index contributed by atoms with van der Waals surface area (Å²) in [7, 11) is -1.50. The van der Waals surface area contributed by atoms with Crippen LogP contribution in [0.1, 0.15) is 5.56 Å². The number of hydrogen-bond donors (Lipinski definition) is 0. The van der Waals surface area contributed by atoms with Crippen molar-refractivity contribution in [3.05, 3.63) is 28.8 Å². The molecule has 3 heteroatoms. The maximum absolute atomic E-state index is 5.98. The third-order valence-electron chi connectivity index (χ3n) is 1.57. The lowest BCUT2D eigenvalue weighted by Crippen LogP contribution is -2.29. The molecule has 1 rings (SSSR count). The zero-order valence-electron chi connectivity index (χ0n) is 8.52. The molecule has 0 bridgehead atoms. The Morgan fingerprint density at radius 2 is 1.85 bits per heavy atom.